The van der Waals surface area contributed by atoms with Crippen LogP contribution in [0.4, 0.5) is 0 Å². The maximum absolute atomic E-state index is 11.7. The molecule has 1 rings (SSSR count). The Morgan fingerprint density at radius 2 is 1.85 bits per heavy atom. The van der Waals surface area contributed by atoms with Crippen LogP contribution in [0.2, 0.25) is 0 Å². The van der Waals surface area contributed by atoms with Gasteiger partial charge in [-0.25, -0.2) is 0 Å². The molecule has 1 N–H and O–H groups in total. The molecule has 0 aromatic carbocycles. The van der Waals surface area contributed by atoms with Gasteiger partial charge in [-0.3, -0.25) is 4.79 Å². The zero-order valence-corrected chi connectivity index (χ0v) is 9.00. The SMILES string of the molecule is CNC(C)C(=O)N1CC(C)C(C)C1. The molecule has 1 amide bonds. The van der Waals surface area contributed by atoms with Crippen LogP contribution in [-0.4, -0.2) is 37.0 Å². The predicted molar refractivity (Wildman–Crippen MR) is 53.4 cm³/mol. The standard InChI is InChI=1S/C10H20N2O/c1-7-5-12(6-8(7)2)10(13)9(3)11-4/h7-9,11H,5-6H2,1-4H3. The molecule has 0 spiro atoms. The average Bonchev–Trinajstić information content (AvgIpc) is 2.44. The summed E-state index contributed by atoms with van der Waals surface area (Å²) in [7, 11) is 1.82. The van der Waals surface area contributed by atoms with E-state index in [2.05, 4.69) is 19.2 Å². The highest BCUT2D eigenvalue weighted by Gasteiger charge is 2.30. The molecule has 1 fully saturated rings. The second kappa shape index (κ2) is 4.09. The van der Waals surface area contributed by atoms with Gasteiger partial charge in [-0.05, 0) is 25.8 Å². The molecule has 3 nitrogen and oxygen atoms in total. The van der Waals surface area contributed by atoms with E-state index in [1.54, 1.807) is 0 Å². The first-order valence-electron chi connectivity index (χ1n) is 5.02. The Morgan fingerprint density at radius 3 is 2.23 bits per heavy atom. The van der Waals surface area contributed by atoms with Crippen LogP contribution in [0, 0.1) is 11.8 Å². The molecule has 1 aliphatic rings. The highest BCUT2D eigenvalue weighted by atomic mass is 16.2. The first-order chi connectivity index (χ1) is 6.06. The Labute approximate surface area is 80.5 Å². The van der Waals surface area contributed by atoms with Gasteiger partial charge in [-0.1, -0.05) is 13.8 Å². The van der Waals surface area contributed by atoms with Gasteiger partial charge in [0.05, 0.1) is 6.04 Å². The van der Waals surface area contributed by atoms with Crippen molar-refractivity contribution in [1.82, 2.24) is 10.2 Å². The van der Waals surface area contributed by atoms with E-state index in [1.165, 1.54) is 0 Å². The summed E-state index contributed by atoms with van der Waals surface area (Å²) in [6, 6.07) is -0.0440. The largest absolute Gasteiger partial charge is 0.341 e. The third-order valence-electron chi connectivity index (χ3n) is 3.10. The minimum absolute atomic E-state index is 0.0440. The number of likely N-dealkylation sites (N-methyl/N-ethyl adjacent to an activating group) is 1. The van der Waals surface area contributed by atoms with Gasteiger partial charge in [0.15, 0.2) is 0 Å². The monoisotopic (exact) mass is 184 g/mol. The summed E-state index contributed by atoms with van der Waals surface area (Å²) in [5.41, 5.74) is 0. The number of hydrogen-bond donors (Lipinski definition) is 1. The minimum Gasteiger partial charge on any atom is -0.341 e. The Hall–Kier alpha value is -0.570. The van der Waals surface area contributed by atoms with Crippen LogP contribution < -0.4 is 5.32 Å². The van der Waals surface area contributed by atoms with Crippen molar-refractivity contribution in [2.75, 3.05) is 20.1 Å². The quantitative estimate of drug-likeness (QED) is 0.685. The maximum Gasteiger partial charge on any atom is 0.239 e. The van der Waals surface area contributed by atoms with Crippen LogP contribution >= 0.6 is 0 Å². The molecule has 1 saturated heterocycles. The summed E-state index contributed by atoms with van der Waals surface area (Å²) in [5.74, 6) is 1.53. The molecule has 13 heavy (non-hydrogen) atoms. The summed E-state index contributed by atoms with van der Waals surface area (Å²) in [5, 5.41) is 2.98. The number of carbonyl (C=O) groups excluding carboxylic acids is 1. The normalized spacial score (nSPS) is 30.6. The maximum atomic E-state index is 11.7. The van der Waals surface area contributed by atoms with E-state index in [-0.39, 0.29) is 11.9 Å². The van der Waals surface area contributed by atoms with E-state index in [0.717, 1.165) is 13.1 Å². The van der Waals surface area contributed by atoms with Crippen molar-refractivity contribution >= 4 is 5.91 Å². The molecule has 3 atom stereocenters. The van der Waals surface area contributed by atoms with Gasteiger partial charge in [-0.2, -0.15) is 0 Å². The lowest BCUT2D eigenvalue weighted by Crippen LogP contribution is -2.42. The molecule has 0 aliphatic carbocycles. The first-order valence-corrected chi connectivity index (χ1v) is 5.02. The molecule has 1 heterocycles. The fourth-order valence-corrected chi connectivity index (χ4v) is 1.71. The van der Waals surface area contributed by atoms with E-state index in [0.29, 0.717) is 11.8 Å². The topological polar surface area (TPSA) is 32.3 Å². The van der Waals surface area contributed by atoms with Gasteiger partial charge in [0.25, 0.3) is 0 Å². The number of likely N-dealkylation sites (tertiary alicyclic amines) is 1. The number of nitrogens with zero attached hydrogens (tertiary/aromatic N) is 1. The summed E-state index contributed by atoms with van der Waals surface area (Å²) < 4.78 is 0. The van der Waals surface area contributed by atoms with Gasteiger partial charge in [0, 0.05) is 13.1 Å². The third kappa shape index (κ3) is 2.21. The van der Waals surface area contributed by atoms with Crippen molar-refractivity contribution in [2.24, 2.45) is 11.8 Å². The zero-order chi connectivity index (χ0) is 10.0. The lowest BCUT2D eigenvalue weighted by molar-refractivity contribution is -0.132. The second-order valence-electron chi connectivity index (χ2n) is 4.21. The second-order valence-corrected chi connectivity index (χ2v) is 4.21. The molecule has 0 aromatic heterocycles. The molecule has 0 bridgehead atoms. The van der Waals surface area contributed by atoms with E-state index >= 15 is 0 Å². The molecule has 76 valence electrons. The summed E-state index contributed by atoms with van der Waals surface area (Å²) in [6.45, 7) is 8.18. The van der Waals surface area contributed by atoms with Crippen molar-refractivity contribution in [1.29, 1.82) is 0 Å². The predicted octanol–water partition coefficient (Wildman–Crippen LogP) is 0.709. The van der Waals surface area contributed by atoms with E-state index < -0.39 is 0 Å². The van der Waals surface area contributed by atoms with E-state index in [1.807, 2.05) is 18.9 Å². The van der Waals surface area contributed by atoms with Gasteiger partial charge in [0.1, 0.15) is 0 Å². The smallest absolute Gasteiger partial charge is 0.239 e. The van der Waals surface area contributed by atoms with Gasteiger partial charge >= 0.3 is 0 Å². The number of carbonyl (C=O) groups is 1. The Morgan fingerprint density at radius 1 is 1.38 bits per heavy atom. The first kappa shape index (κ1) is 10.5. The number of rotatable bonds is 2. The molecule has 1 aliphatic heterocycles. The van der Waals surface area contributed by atoms with Crippen LogP contribution in [0.3, 0.4) is 0 Å². The fourth-order valence-electron chi connectivity index (χ4n) is 1.71. The van der Waals surface area contributed by atoms with Gasteiger partial charge in [-0.15, -0.1) is 0 Å². The molecular formula is C10H20N2O. The van der Waals surface area contributed by atoms with E-state index in [9.17, 15) is 4.79 Å². The van der Waals surface area contributed by atoms with Crippen molar-refractivity contribution in [3.05, 3.63) is 0 Å². The third-order valence-corrected chi connectivity index (χ3v) is 3.10. The van der Waals surface area contributed by atoms with Crippen LogP contribution in [0.1, 0.15) is 20.8 Å². The highest BCUT2D eigenvalue weighted by Crippen LogP contribution is 2.22. The summed E-state index contributed by atoms with van der Waals surface area (Å²) in [4.78, 5) is 13.7. The van der Waals surface area contributed by atoms with Crippen LogP contribution in [0.25, 0.3) is 0 Å². The van der Waals surface area contributed by atoms with Gasteiger partial charge in [0.2, 0.25) is 5.91 Å². The van der Waals surface area contributed by atoms with Crippen LogP contribution in [0.15, 0.2) is 0 Å². The van der Waals surface area contributed by atoms with Crippen molar-refractivity contribution in [3.63, 3.8) is 0 Å². The molecule has 3 unspecified atom stereocenters. The van der Waals surface area contributed by atoms with E-state index in [4.69, 9.17) is 0 Å². The molecule has 3 heteroatoms. The van der Waals surface area contributed by atoms with Crippen molar-refractivity contribution in [2.45, 2.75) is 26.8 Å². The highest BCUT2D eigenvalue weighted by molar-refractivity contribution is 5.81. The molecule has 0 radical (unpaired) electrons. The molecule has 0 saturated carbocycles. The zero-order valence-electron chi connectivity index (χ0n) is 9.00. The van der Waals surface area contributed by atoms with Crippen molar-refractivity contribution < 1.29 is 4.79 Å². The minimum atomic E-state index is -0.0440. The Kier molecular flexibility index (Phi) is 3.31. The number of hydrogen-bond acceptors (Lipinski definition) is 2. The van der Waals surface area contributed by atoms with Crippen molar-refractivity contribution in [3.8, 4) is 0 Å². The number of nitrogens with one attached hydrogen (secondary N) is 1. The Balaban J connectivity index is 2.50. The Bertz CT molecular complexity index is 183. The lowest BCUT2D eigenvalue weighted by atomic mass is 10.0. The lowest BCUT2D eigenvalue weighted by Gasteiger charge is -2.20. The molecular weight excluding hydrogens is 164 g/mol. The summed E-state index contributed by atoms with van der Waals surface area (Å²) in [6.07, 6.45) is 0. The average molecular weight is 184 g/mol. The number of amides is 1. The van der Waals surface area contributed by atoms with Crippen LogP contribution in [0.5, 0.6) is 0 Å². The fraction of sp³-hybridized carbons (Fsp3) is 0.900. The summed E-state index contributed by atoms with van der Waals surface area (Å²) >= 11 is 0. The van der Waals surface area contributed by atoms with Crippen LogP contribution in [-0.2, 0) is 4.79 Å². The van der Waals surface area contributed by atoms with Gasteiger partial charge < -0.3 is 10.2 Å². The molecule has 0 aromatic rings.